The molecule has 0 spiro atoms. The van der Waals surface area contributed by atoms with Crippen molar-refractivity contribution in [2.75, 3.05) is 7.11 Å². The van der Waals surface area contributed by atoms with Gasteiger partial charge in [-0.1, -0.05) is 24.3 Å². The van der Waals surface area contributed by atoms with Gasteiger partial charge < -0.3 is 9.84 Å². The van der Waals surface area contributed by atoms with E-state index < -0.39 is 5.97 Å². The van der Waals surface area contributed by atoms with E-state index in [0.717, 1.165) is 27.8 Å². The Labute approximate surface area is 154 Å². The highest BCUT2D eigenvalue weighted by molar-refractivity contribution is 8.18. The molecule has 3 rings (SSSR count). The second kappa shape index (κ2) is 7.45. The van der Waals surface area contributed by atoms with E-state index in [-0.39, 0.29) is 23.4 Å². The monoisotopic (exact) mass is 369 g/mol. The van der Waals surface area contributed by atoms with Crippen molar-refractivity contribution in [1.29, 1.82) is 0 Å². The van der Waals surface area contributed by atoms with Crippen LogP contribution in [0.4, 0.5) is 4.79 Å². The molecule has 0 atom stereocenters. The van der Waals surface area contributed by atoms with Gasteiger partial charge in [0.25, 0.3) is 11.1 Å². The number of carbonyl (C=O) groups is 3. The van der Waals surface area contributed by atoms with E-state index >= 15 is 0 Å². The van der Waals surface area contributed by atoms with Gasteiger partial charge in [-0.25, -0.2) is 4.79 Å². The maximum absolute atomic E-state index is 12.5. The average molecular weight is 369 g/mol. The van der Waals surface area contributed by atoms with Crippen molar-refractivity contribution in [3.05, 3.63) is 70.1 Å². The number of aromatic hydroxyl groups is 1. The van der Waals surface area contributed by atoms with Gasteiger partial charge in [0, 0.05) is 0 Å². The number of phenolic OH excluding ortho intramolecular Hbond substituents is 1. The normalized spacial score (nSPS) is 15.6. The van der Waals surface area contributed by atoms with Crippen LogP contribution in [0.5, 0.6) is 5.75 Å². The first kappa shape index (κ1) is 17.8. The summed E-state index contributed by atoms with van der Waals surface area (Å²) >= 11 is 0.874. The Morgan fingerprint density at radius 1 is 1.12 bits per heavy atom. The lowest BCUT2D eigenvalue weighted by Gasteiger charge is -2.12. The summed E-state index contributed by atoms with van der Waals surface area (Å²) in [5.74, 6) is -0.685. The Balaban J connectivity index is 1.75. The molecule has 0 unspecified atom stereocenters. The summed E-state index contributed by atoms with van der Waals surface area (Å²) in [5.41, 5.74) is 1.85. The molecule has 1 heterocycles. The first-order chi connectivity index (χ1) is 12.5. The van der Waals surface area contributed by atoms with E-state index in [0.29, 0.717) is 10.5 Å². The third kappa shape index (κ3) is 3.78. The third-order valence-corrected chi connectivity index (χ3v) is 4.69. The topological polar surface area (TPSA) is 83.9 Å². The van der Waals surface area contributed by atoms with Crippen molar-refractivity contribution in [3.8, 4) is 5.75 Å². The van der Waals surface area contributed by atoms with Crippen LogP contribution >= 0.6 is 11.8 Å². The van der Waals surface area contributed by atoms with Crippen molar-refractivity contribution >= 4 is 35.0 Å². The molecule has 0 bridgehead atoms. The zero-order chi connectivity index (χ0) is 18.7. The Hall–Kier alpha value is -3.06. The Morgan fingerprint density at radius 3 is 2.38 bits per heavy atom. The van der Waals surface area contributed by atoms with Crippen LogP contribution in [0, 0.1) is 0 Å². The van der Waals surface area contributed by atoms with Crippen LogP contribution in [0.15, 0.2) is 53.4 Å². The van der Waals surface area contributed by atoms with Crippen LogP contribution in [-0.2, 0) is 16.1 Å². The fourth-order valence-corrected chi connectivity index (χ4v) is 3.24. The fraction of sp³-hybridized carbons (Fsp3) is 0.105. The number of amides is 2. The Kier molecular flexibility index (Phi) is 5.09. The number of rotatable bonds is 4. The van der Waals surface area contributed by atoms with Gasteiger partial charge in [-0.3, -0.25) is 14.5 Å². The highest BCUT2D eigenvalue weighted by Gasteiger charge is 2.34. The van der Waals surface area contributed by atoms with E-state index in [1.165, 1.54) is 19.2 Å². The first-order valence-electron chi connectivity index (χ1n) is 7.69. The maximum Gasteiger partial charge on any atom is 0.337 e. The highest BCUT2D eigenvalue weighted by atomic mass is 32.2. The minimum absolute atomic E-state index is 0.124. The molecule has 132 valence electrons. The minimum atomic E-state index is -0.445. The number of ether oxygens (including phenoxy) is 1. The number of benzene rings is 2. The lowest BCUT2D eigenvalue weighted by Crippen LogP contribution is -2.27. The largest absolute Gasteiger partial charge is 0.508 e. The summed E-state index contributed by atoms with van der Waals surface area (Å²) in [6.45, 7) is 0.124. The molecule has 0 saturated carbocycles. The number of esters is 1. The van der Waals surface area contributed by atoms with Gasteiger partial charge in [0.05, 0.1) is 24.1 Å². The molecule has 1 saturated heterocycles. The quantitative estimate of drug-likeness (QED) is 0.657. The first-order valence-corrected chi connectivity index (χ1v) is 8.51. The molecule has 1 aliphatic heterocycles. The SMILES string of the molecule is COC(=O)c1ccc(CN2C(=O)S/C(=C\c3ccc(O)cc3)C2=O)cc1. The van der Waals surface area contributed by atoms with E-state index in [4.69, 9.17) is 0 Å². The van der Waals surface area contributed by atoms with Crippen molar-refractivity contribution in [2.24, 2.45) is 0 Å². The Bertz CT molecular complexity index is 887. The van der Waals surface area contributed by atoms with Crippen LogP contribution in [0.3, 0.4) is 0 Å². The van der Waals surface area contributed by atoms with Gasteiger partial charge in [0.1, 0.15) is 5.75 Å². The number of phenols is 1. The van der Waals surface area contributed by atoms with E-state index in [9.17, 15) is 19.5 Å². The summed E-state index contributed by atoms with van der Waals surface area (Å²) in [4.78, 5) is 37.6. The standard InChI is InChI=1S/C19H15NO5S/c1-25-18(23)14-6-2-13(3-7-14)11-20-17(22)16(26-19(20)24)10-12-4-8-15(21)9-5-12/h2-10,21H,11H2,1H3/b16-10-. The van der Waals surface area contributed by atoms with E-state index in [1.807, 2.05) is 0 Å². The van der Waals surface area contributed by atoms with Gasteiger partial charge >= 0.3 is 5.97 Å². The van der Waals surface area contributed by atoms with Crippen LogP contribution in [0.1, 0.15) is 21.5 Å². The molecule has 7 heteroatoms. The average Bonchev–Trinajstić information content (AvgIpc) is 2.91. The number of thioether (sulfide) groups is 1. The molecule has 2 aromatic carbocycles. The number of carbonyl (C=O) groups excluding carboxylic acids is 3. The van der Waals surface area contributed by atoms with Crippen LogP contribution < -0.4 is 0 Å². The van der Waals surface area contributed by atoms with Gasteiger partial charge in [0.15, 0.2) is 0 Å². The van der Waals surface area contributed by atoms with Crippen molar-refractivity contribution < 1.29 is 24.2 Å². The molecule has 0 radical (unpaired) electrons. The van der Waals surface area contributed by atoms with Gasteiger partial charge in [-0.15, -0.1) is 0 Å². The number of imide groups is 1. The van der Waals surface area contributed by atoms with Gasteiger partial charge in [0.2, 0.25) is 0 Å². The number of methoxy groups -OCH3 is 1. The summed E-state index contributed by atoms with van der Waals surface area (Å²) in [6, 6.07) is 12.9. The second-order valence-corrected chi connectivity index (χ2v) is 6.54. The predicted molar refractivity (Wildman–Crippen MR) is 97.4 cm³/mol. The minimum Gasteiger partial charge on any atom is -0.508 e. The molecule has 0 aliphatic carbocycles. The molecule has 1 N–H and O–H groups in total. The summed E-state index contributed by atoms with van der Waals surface area (Å²) in [6.07, 6.45) is 1.62. The zero-order valence-corrected chi connectivity index (χ0v) is 14.7. The summed E-state index contributed by atoms with van der Waals surface area (Å²) in [5, 5.41) is 8.95. The van der Waals surface area contributed by atoms with E-state index in [1.54, 1.807) is 42.5 Å². The van der Waals surface area contributed by atoms with Gasteiger partial charge in [-0.05, 0) is 53.2 Å². The molecule has 2 aromatic rings. The Morgan fingerprint density at radius 2 is 1.77 bits per heavy atom. The van der Waals surface area contributed by atoms with Gasteiger partial charge in [-0.2, -0.15) is 0 Å². The lowest BCUT2D eigenvalue weighted by atomic mass is 10.1. The molecule has 2 amide bonds. The van der Waals surface area contributed by atoms with Crippen molar-refractivity contribution in [2.45, 2.75) is 6.54 Å². The number of nitrogens with zero attached hydrogens (tertiary/aromatic N) is 1. The number of hydrogen-bond acceptors (Lipinski definition) is 6. The summed E-state index contributed by atoms with van der Waals surface area (Å²) < 4.78 is 4.64. The molecule has 1 aliphatic rings. The highest BCUT2D eigenvalue weighted by Crippen LogP contribution is 2.33. The molecule has 0 aromatic heterocycles. The second-order valence-electron chi connectivity index (χ2n) is 5.55. The smallest absolute Gasteiger partial charge is 0.337 e. The molecular formula is C19H15NO5S. The molecule has 6 nitrogen and oxygen atoms in total. The molecule has 1 fully saturated rings. The van der Waals surface area contributed by atoms with Crippen molar-refractivity contribution in [1.82, 2.24) is 4.90 Å². The number of hydrogen-bond donors (Lipinski definition) is 1. The fourth-order valence-electron chi connectivity index (χ4n) is 2.40. The maximum atomic E-state index is 12.5. The zero-order valence-electron chi connectivity index (χ0n) is 13.8. The predicted octanol–water partition coefficient (Wildman–Crippen LogP) is 3.42. The van der Waals surface area contributed by atoms with Crippen LogP contribution in [0.25, 0.3) is 6.08 Å². The van der Waals surface area contributed by atoms with Crippen molar-refractivity contribution in [3.63, 3.8) is 0 Å². The third-order valence-electron chi connectivity index (χ3n) is 3.78. The molecule has 26 heavy (non-hydrogen) atoms. The van der Waals surface area contributed by atoms with Crippen LogP contribution in [0.2, 0.25) is 0 Å². The summed E-state index contributed by atoms with van der Waals surface area (Å²) in [7, 11) is 1.30. The van der Waals surface area contributed by atoms with Crippen LogP contribution in [-0.4, -0.2) is 34.2 Å². The van der Waals surface area contributed by atoms with E-state index in [2.05, 4.69) is 4.74 Å². The lowest BCUT2D eigenvalue weighted by molar-refractivity contribution is -0.123. The molecular weight excluding hydrogens is 354 g/mol.